The van der Waals surface area contributed by atoms with Crippen LogP contribution in [0.1, 0.15) is 5.56 Å². The second-order valence-electron chi connectivity index (χ2n) is 3.88. The normalized spacial score (nSPS) is 12.4. The number of nitrogens with two attached hydrogens (primary N) is 1. The molecule has 2 nitrogen and oxygen atoms in total. The minimum Gasteiger partial charge on any atom is -0.398 e. The molecule has 100 valence electrons. The Hall–Kier alpha value is -1.46. The molecule has 6 heteroatoms. The van der Waals surface area contributed by atoms with Crippen molar-refractivity contribution in [2.45, 2.75) is 10.6 Å². The van der Waals surface area contributed by atoms with E-state index in [1.165, 1.54) is 6.07 Å². The van der Waals surface area contributed by atoms with Crippen molar-refractivity contribution in [3.63, 3.8) is 0 Å². The maximum absolute atomic E-state index is 13.5. The molecule has 0 radical (unpaired) electrons. The van der Waals surface area contributed by atoms with E-state index < -0.39 is 22.4 Å². The molecule has 1 unspecified atom stereocenters. The lowest BCUT2D eigenvalue weighted by Crippen LogP contribution is -2.03. The maximum atomic E-state index is 13.5. The van der Waals surface area contributed by atoms with E-state index in [-0.39, 0.29) is 26.9 Å². The van der Waals surface area contributed by atoms with Crippen molar-refractivity contribution in [3.8, 4) is 0 Å². The summed E-state index contributed by atoms with van der Waals surface area (Å²) in [6, 6.07) is 7.90. The van der Waals surface area contributed by atoms with Crippen LogP contribution in [0.5, 0.6) is 0 Å². The molecule has 0 aliphatic carbocycles. The fraction of sp³-hybridized carbons (Fsp3) is 0.0769. The molecule has 0 bridgehead atoms. The Labute approximate surface area is 116 Å². The van der Waals surface area contributed by atoms with Gasteiger partial charge in [-0.1, -0.05) is 23.7 Å². The number of nitrogen functional groups attached to an aromatic ring is 1. The summed E-state index contributed by atoms with van der Waals surface area (Å²) in [5.41, 5.74) is 6.14. The first-order valence-corrected chi connectivity index (χ1v) is 7.05. The van der Waals surface area contributed by atoms with Crippen LogP contribution in [0, 0.1) is 11.6 Å². The zero-order valence-corrected chi connectivity index (χ0v) is 11.3. The summed E-state index contributed by atoms with van der Waals surface area (Å²) >= 11 is 5.93. The first kappa shape index (κ1) is 14.0. The first-order chi connectivity index (χ1) is 8.99. The molecule has 2 aromatic rings. The second-order valence-corrected chi connectivity index (χ2v) is 5.68. The number of halogens is 3. The van der Waals surface area contributed by atoms with Gasteiger partial charge in [-0.05, 0) is 18.2 Å². The minimum absolute atomic E-state index is 0.111. The predicted molar refractivity (Wildman–Crippen MR) is 72.3 cm³/mol. The van der Waals surface area contributed by atoms with Gasteiger partial charge in [0.15, 0.2) is 0 Å². The topological polar surface area (TPSA) is 43.1 Å². The molecule has 19 heavy (non-hydrogen) atoms. The van der Waals surface area contributed by atoms with Crippen LogP contribution in [0.25, 0.3) is 0 Å². The molecule has 2 aromatic carbocycles. The van der Waals surface area contributed by atoms with Gasteiger partial charge in [0.05, 0.1) is 26.5 Å². The molecule has 2 rings (SSSR count). The van der Waals surface area contributed by atoms with Gasteiger partial charge >= 0.3 is 0 Å². The highest BCUT2D eigenvalue weighted by Crippen LogP contribution is 2.27. The second kappa shape index (κ2) is 5.67. The van der Waals surface area contributed by atoms with Gasteiger partial charge in [-0.15, -0.1) is 0 Å². The van der Waals surface area contributed by atoms with Crippen LogP contribution >= 0.6 is 11.6 Å². The van der Waals surface area contributed by atoms with E-state index in [2.05, 4.69) is 0 Å². The van der Waals surface area contributed by atoms with E-state index in [1.54, 1.807) is 18.2 Å². The lowest BCUT2D eigenvalue weighted by atomic mass is 10.2. The van der Waals surface area contributed by atoms with Crippen LogP contribution in [-0.2, 0) is 16.6 Å². The summed E-state index contributed by atoms with van der Waals surface area (Å²) in [6.07, 6.45) is 0. The van der Waals surface area contributed by atoms with Crippen LogP contribution in [0.4, 0.5) is 14.5 Å². The first-order valence-electron chi connectivity index (χ1n) is 5.35. The molecule has 2 N–H and O–H groups in total. The van der Waals surface area contributed by atoms with Crippen LogP contribution in [0.3, 0.4) is 0 Å². The number of anilines is 1. The third-order valence-corrected chi connectivity index (χ3v) is 4.44. The van der Waals surface area contributed by atoms with Gasteiger partial charge in [-0.25, -0.2) is 8.78 Å². The Bertz CT molecular complexity index is 628. The molecule has 1 atom stereocenters. The van der Waals surface area contributed by atoms with Crippen molar-refractivity contribution >= 4 is 28.1 Å². The molecule has 0 heterocycles. The lowest BCUT2D eigenvalue weighted by molar-refractivity contribution is 0.576. The van der Waals surface area contributed by atoms with E-state index >= 15 is 0 Å². The smallest absolute Gasteiger partial charge is 0.130 e. The van der Waals surface area contributed by atoms with E-state index in [0.29, 0.717) is 0 Å². The summed E-state index contributed by atoms with van der Waals surface area (Å²) < 4.78 is 38.4. The number of hydrogen-bond donors (Lipinski definition) is 1. The molecule has 0 saturated heterocycles. The summed E-state index contributed by atoms with van der Waals surface area (Å²) in [7, 11) is -1.59. The van der Waals surface area contributed by atoms with Crippen molar-refractivity contribution in [2.24, 2.45) is 0 Å². The summed E-state index contributed by atoms with van der Waals surface area (Å²) in [4.78, 5) is 0.271. The molecule has 0 spiro atoms. The fourth-order valence-corrected chi connectivity index (χ4v) is 3.34. The number of benzene rings is 2. The van der Waals surface area contributed by atoms with E-state index in [1.807, 2.05) is 0 Å². The van der Waals surface area contributed by atoms with Crippen molar-refractivity contribution < 1.29 is 13.0 Å². The van der Waals surface area contributed by atoms with E-state index in [0.717, 1.165) is 12.1 Å². The molecule has 0 aliphatic heterocycles. The van der Waals surface area contributed by atoms with Crippen LogP contribution in [0.15, 0.2) is 41.3 Å². The number of hydrogen-bond acceptors (Lipinski definition) is 2. The molecular formula is C13H10ClF2NOS. The molecule has 0 aromatic heterocycles. The quantitative estimate of drug-likeness (QED) is 0.882. The summed E-state index contributed by atoms with van der Waals surface area (Å²) in [6.45, 7) is 0. The largest absolute Gasteiger partial charge is 0.398 e. The van der Waals surface area contributed by atoms with Gasteiger partial charge in [0, 0.05) is 17.3 Å². The highest BCUT2D eigenvalue weighted by Gasteiger charge is 2.15. The molecule has 0 saturated carbocycles. The average molecular weight is 302 g/mol. The van der Waals surface area contributed by atoms with Gasteiger partial charge in [0.2, 0.25) is 0 Å². The third kappa shape index (κ3) is 3.11. The summed E-state index contributed by atoms with van der Waals surface area (Å²) in [5, 5.41) is 0.265. The van der Waals surface area contributed by atoms with Gasteiger partial charge in [-0.2, -0.15) is 0 Å². The highest BCUT2D eigenvalue weighted by molar-refractivity contribution is 7.84. The highest BCUT2D eigenvalue weighted by atomic mass is 35.5. The SMILES string of the molecule is Nc1cccc(Cl)c1S(=O)Cc1ccc(F)cc1F. The Morgan fingerprint density at radius 1 is 1.21 bits per heavy atom. The lowest BCUT2D eigenvalue weighted by Gasteiger charge is -2.08. The van der Waals surface area contributed by atoms with E-state index in [4.69, 9.17) is 17.3 Å². The Morgan fingerprint density at radius 2 is 1.95 bits per heavy atom. The standard InChI is InChI=1S/C13H10ClF2NOS/c14-10-2-1-3-12(17)13(10)19(18)7-8-4-5-9(15)6-11(8)16/h1-6H,7,17H2. The van der Waals surface area contributed by atoms with Crippen molar-refractivity contribution in [1.82, 2.24) is 0 Å². The van der Waals surface area contributed by atoms with Crippen molar-refractivity contribution in [3.05, 3.63) is 58.6 Å². The molecule has 0 aliphatic rings. The van der Waals surface area contributed by atoms with Gasteiger partial charge in [0.25, 0.3) is 0 Å². The van der Waals surface area contributed by atoms with Crippen molar-refractivity contribution in [2.75, 3.05) is 5.73 Å². The number of rotatable bonds is 3. The molecule has 0 amide bonds. The summed E-state index contributed by atoms with van der Waals surface area (Å²) in [5.74, 6) is -1.52. The Morgan fingerprint density at radius 3 is 2.58 bits per heavy atom. The third-order valence-electron chi connectivity index (χ3n) is 2.53. The van der Waals surface area contributed by atoms with Crippen LogP contribution in [0.2, 0.25) is 5.02 Å². The molecular weight excluding hydrogens is 292 g/mol. The van der Waals surface area contributed by atoms with Gasteiger partial charge < -0.3 is 5.73 Å². The molecule has 0 fully saturated rings. The predicted octanol–water partition coefficient (Wildman–Crippen LogP) is 3.51. The Balaban J connectivity index is 2.31. The van der Waals surface area contributed by atoms with Crippen LogP contribution in [-0.4, -0.2) is 4.21 Å². The van der Waals surface area contributed by atoms with Crippen molar-refractivity contribution in [1.29, 1.82) is 0 Å². The fourth-order valence-electron chi connectivity index (χ4n) is 1.62. The van der Waals surface area contributed by atoms with E-state index in [9.17, 15) is 13.0 Å². The average Bonchev–Trinajstić information content (AvgIpc) is 2.32. The minimum atomic E-state index is -1.59. The van der Waals surface area contributed by atoms with Crippen LogP contribution < -0.4 is 5.73 Å². The zero-order chi connectivity index (χ0) is 14.0. The monoisotopic (exact) mass is 301 g/mol. The van der Waals surface area contributed by atoms with Gasteiger partial charge in [-0.3, -0.25) is 4.21 Å². The van der Waals surface area contributed by atoms with Gasteiger partial charge in [0.1, 0.15) is 11.6 Å². The Kier molecular flexibility index (Phi) is 4.17. The maximum Gasteiger partial charge on any atom is 0.130 e. The zero-order valence-electron chi connectivity index (χ0n) is 9.70.